The molecule has 2 aliphatic heterocycles. The van der Waals surface area contributed by atoms with E-state index in [1.165, 1.54) is 24.8 Å². The first kappa shape index (κ1) is 21.0. The molecule has 2 heterocycles. The molecule has 164 valence electrons. The standard InChI is InChI=1S/C27H31N5/c28-13-12-27(19-31(20-27)24-8-6-21(17-29)7-9-24)32-14-10-22(11-15-32)18-30-26-16-25(26)23-4-2-1-3-5-23/h1-9,22,25-26,30H,10-12,14-16,18-20H2/t25-,26+/m0/s1. The maximum absolute atomic E-state index is 9.50. The van der Waals surface area contributed by atoms with Gasteiger partial charge in [0, 0.05) is 30.7 Å². The smallest absolute Gasteiger partial charge is 0.0991 e. The molecule has 32 heavy (non-hydrogen) atoms. The summed E-state index contributed by atoms with van der Waals surface area (Å²) in [6.45, 7) is 5.08. The van der Waals surface area contributed by atoms with Gasteiger partial charge >= 0.3 is 0 Å². The van der Waals surface area contributed by atoms with E-state index in [1.807, 2.05) is 24.3 Å². The highest BCUT2D eigenvalue weighted by Crippen LogP contribution is 2.41. The van der Waals surface area contributed by atoms with Crippen LogP contribution in [0.4, 0.5) is 5.69 Å². The largest absolute Gasteiger partial charge is 0.368 e. The molecule has 2 aromatic carbocycles. The summed E-state index contributed by atoms with van der Waals surface area (Å²) in [5.74, 6) is 1.43. The Morgan fingerprint density at radius 1 is 0.969 bits per heavy atom. The Kier molecular flexibility index (Phi) is 5.87. The molecule has 0 bridgehead atoms. The Labute approximate surface area is 191 Å². The number of nitrogens with zero attached hydrogens (tertiary/aromatic N) is 4. The quantitative estimate of drug-likeness (QED) is 0.729. The molecule has 2 saturated heterocycles. The predicted molar refractivity (Wildman–Crippen MR) is 126 cm³/mol. The summed E-state index contributed by atoms with van der Waals surface area (Å²) in [7, 11) is 0. The Bertz CT molecular complexity index is 989. The molecule has 3 aliphatic rings. The molecule has 1 saturated carbocycles. The van der Waals surface area contributed by atoms with Crippen LogP contribution in [0.1, 0.15) is 42.7 Å². The number of benzene rings is 2. The normalized spacial score (nSPS) is 24.9. The Morgan fingerprint density at radius 2 is 1.69 bits per heavy atom. The molecular weight excluding hydrogens is 394 g/mol. The fourth-order valence-corrected chi connectivity index (χ4v) is 5.58. The molecule has 0 spiro atoms. The number of piperidine rings is 1. The summed E-state index contributed by atoms with van der Waals surface area (Å²) < 4.78 is 0. The monoisotopic (exact) mass is 425 g/mol. The van der Waals surface area contributed by atoms with Crippen molar-refractivity contribution in [3.05, 3.63) is 65.7 Å². The molecule has 1 N–H and O–H groups in total. The van der Waals surface area contributed by atoms with Crippen LogP contribution >= 0.6 is 0 Å². The number of rotatable bonds is 7. The van der Waals surface area contributed by atoms with Crippen molar-refractivity contribution in [3.63, 3.8) is 0 Å². The number of nitrogens with one attached hydrogen (secondary N) is 1. The molecule has 0 radical (unpaired) electrons. The minimum absolute atomic E-state index is 0.0179. The van der Waals surface area contributed by atoms with Gasteiger partial charge in [-0.15, -0.1) is 0 Å². The molecule has 3 fully saturated rings. The van der Waals surface area contributed by atoms with Crippen LogP contribution in [0, 0.1) is 28.6 Å². The van der Waals surface area contributed by atoms with Gasteiger partial charge in [0.1, 0.15) is 0 Å². The average molecular weight is 426 g/mol. The Hall–Kier alpha value is -2.86. The van der Waals surface area contributed by atoms with Gasteiger partial charge in [-0.05, 0) is 74.6 Å². The SMILES string of the molecule is N#CCC1(N2CCC(CN[C@@H]3C[C@H]3c3ccccc3)CC2)CN(c2ccc(C#N)cc2)C1. The second kappa shape index (κ2) is 8.94. The summed E-state index contributed by atoms with van der Waals surface area (Å²) in [6, 6.07) is 23.9. The van der Waals surface area contributed by atoms with E-state index in [0.717, 1.165) is 44.3 Å². The van der Waals surface area contributed by atoms with Crippen LogP contribution in [-0.4, -0.2) is 49.2 Å². The van der Waals surface area contributed by atoms with Gasteiger partial charge in [-0.1, -0.05) is 30.3 Å². The van der Waals surface area contributed by atoms with Gasteiger partial charge in [-0.3, -0.25) is 4.90 Å². The first-order chi connectivity index (χ1) is 15.7. The lowest BCUT2D eigenvalue weighted by atomic mass is 9.81. The molecule has 5 nitrogen and oxygen atoms in total. The first-order valence-corrected chi connectivity index (χ1v) is 11.9. The summed E-state index contributed by atoms with van der Waals surface area (Å²) >= 11 is 0. The third-order valence-electron chi connectivity index (χ3n) is 7.71. The van der Waals surface area contributed by atoms with Crippen molar-refractivity contribution in [1.82, 2.24) is 10.2 Å². The zero-order valence-electron chi connectivity index (χ0n) is 18.6. The number of hydrogen-bond acceptors (Lipinski definition) is 5. The maximum atomic E-state index is 9.50. The summed E-state index contributed by atoms with van der Waals surface area (Å²) in [6.07, 6.45) is 4.27. The number of hydrogen-bond donors (Lipinski definition) is 1. The molecule has 1 aliphatic carbocycles. The third kappa shape index (κ3) is 4.24. The van der Waals surface area contributed by atoms with Crippen LogP contribution in [0.3, 0.4) is 0 Å². The van der Waals surface area contributed by atoms with E-state index in [4.69, 9.17) is 5.26 Å². The van der Waals surface area contributed by atoms with Crippen LogP contribution in [0.2, 0.25) is 0 Å². The molecular formula is C27H31N5. The number of nitriles is 2. The van der Waals surface area contributed by atoms with E-state index in [-0.39, 0.29) is 5.54 Å². The van der Waals surface area contributed by atoms with Crippen LogP contribution in [0.15, 0.2) is 54.6 Å². The zero-order chi connectivity index (χ0) is 22.0. The second-order valence-corrected chi connectivity index (χ2v) is 9.77. The van der Waals surface area contributed by atoms with Crippen molar-refractivity contribution >= 4 is 5.69 Å². The first-order valence-electron chi connectivity index (χ1n) is 11.9. The fraction of sp³-hybridized carbons (Fsp3) is 0.481. The molecule has 0 amide bonds. The van der Waals surface area contributed by atoms with E-state index in [9.17, 15) is 5.26 Å². The van der Waals surface area contributed by atoms with Gasteiger partial charge in [0.2, 0.25) is 0 Å². The number of likely N-dealkylation sites (tertiary alicyclic amines) is 1. The highest BCUT2D eigenvalue weighted by molar-refractivity contribution is 5.53. The van der Waals surface area contributed by atoms with E-state index in [2.05, 4.69) is 57.6 Å². The number of anilines is 1. The van der Waals surface area contributed by atoms with E-state index >= 15 is 0 Å². The lowest BCUT2D eigenvalue weighted by Crippen LogP contribution is -2.71. The minimum Gasteiger partial charge on any atom is -0.368 e. The van der Waals surface area contributed by atoms with Crippen LogP contribution in [-0.2, 0) is 0 Å². The maximum Gasteiger partial charge on any atom is 0.0991 e. The van der Waals surface area contributed by atoms with Gasteiger partial charge in [-0.2, -0.15) is 10.5 Å². The average Bonchev–Trinajstić information content (AvgIpc) is 3.61. The topological polar surface area (TPSA) is 66.1 Å². The minimum atomic E-state index is -0.0179. The summed E-state index contributed by atoms with van der Waals surface area (Å²) in [5, 5.41) is 22.3. The van der Waals surface area contributed by atoms with Crippen molar-refractivity contribution in [3.8, 4) is 12.1 Å². The van der Waals surface area contributed by atoms with E-state index < -0.39 is 0 Å². The highest BCUT2D eigenvalue weighted by Gasteiger charge is 2.48. The van der Waals surface area contributed by atoms with Crippen molar-refractivity contribution in [1.29, 1.82) is 10.5 Å². The van der Waals surface area contributed by atoms with E-state index in [0.29, 0.717) is 23.9 Å². The molecule has 2 atom stereocenters. The molecule has 0 aromatic heterocycles. The second-order valence-electron chi connectivity index (χ2n) is 9.77. The van der Waals surface area contributed by atoms with Crippen molar-refractivity contribution in [2.45, 2.75) is 43.2 Å². The molecule has 2 aromatic rings. The molecule has 5 heteroatoms. The summed E-state index contributed by atoms with van der Waals surface area (Å²) in [4.78, 5) is 4.92. The van der Waals surface area contributed by atoms with Gasteiger partial charge < -0.3 is 10.2 Å². The van der Waals surface area contributed by atoms with Crippen molar-refractivity contribution < 1.29 is 0 Å². The Balaban J connectivity index is 1.10. The van der Waals surface area contributed by atoms with Crippen molar-refractivity contribution in [2.75, 3.05) is 37.6 Å². The molecule has 0 unspecified atom stereocenters. The highest BCUT2D eigenvalue weighted by atomic mass is 15.4. The lowest BCUT2D eigenvalue weighted by molar-refractivity contribution is 0.0299. The Morgan fingerprint density at radius 3 is 2.34 bits per heavy atom. The van der Waals surface area contributed by atoms with Crippen LogP contribution in [0.25, 0.3) is 0 Å². The lowest BCUT2D eigenvalue weighted by Gasteiger charge is -2.57. The predicted octanol–water partition coefficient (Wildman–Crippen LogP) is 3.89. The van der Waals surface area contributed by atoms with E-state index in [1.54, 1.807) is 0 Å². The van der Waals surface area contributed by atoms with Gasteiger partial charge in [0.15, 0.2) is 0 Å². The van der Waals surface area contributed by atoms with Gasteiger partial charge in [-0.25, -0.2) is 0 Å². The van der Waals surface area contributed by atoms with Gasteiger partial charge in [0.25, 0.3) is 0 Å². The van der Waals surface area contributed by atoms with Crippen molar-refractivity contribution in [2.24, 2.45) is 5.92 Å². The third-order valence-corrected chi connectivity index (χ3v) is 7.71. The summed E-state index contributed by atoms with van der Waals surface area (Å²) in [5.41, 5.74) is 3.29. The molecule has 5 rings (SSSR count). The zero-order valence-corrected chi connectivity index (χ0v) is 18.6. The van der Waals surface area contributed by atoms with Crippen LogP contribution < -0.4 is 10.2 Å². The fourth-order valence-electron chi connectivity index (χ4n) is 5.58. The van der Waals surface area contributed by atoms with Gasteiger partial charge in [0.05, 0.1) is 29.7 Å². The van der Waals surface area contributed by atoms with Crippen LogP contribution in [0.5, 0.6) is 0 Å².